The summed E-state index contributed by atoms with van der Waals surface area (Å²) in [6, 6.07) is 10.2. The molecule has 2 aliphatic heterocycles. The largest absolute Gasteiger partial charge is 0.381 e. The highest BCUT2D eigenvalue weighted by Crippen LogP contribution is 2.31. The minimum atomic E-state index is -0.906. The Morgan fingerprint density at radius 2 is 2.00 bits per heavy atom. The molecule has 1 aromatic carbocycles. The highest BCUT2D eigenvalue weighted by molar-refractivity contribution is 6.49. The average molecular weight is 419 g/mol. The molecule has 0 amide bonds. The van der Waals surface area contributed by atoms with Crippen LogP contribution in [0.5, 0.6) is 0 Å². The molecule has 0 bridgehead atoms. The van der Waals surface area contributed by atoms with Crippen molar-refractivity contribution in [1.82, 2.24) is 10.3 Å². The Labute approximate surface area is 184 Å². The first kappa shape index (κ1) is 21.2. The van der Waals surface area contributed by atoms with Crippen LogP contribution in [0.1, 0.15) is 48.9 Å². The molecule has 4 rings (SSSR count). The molecule has 162 valence electrons. The minimum absolute atomic E-state index is 0.103. The first-order valence-corrected chi connectivity index (χ1v) is 10.8. The maximum absolute atomic E-state index is 12.5. The number of oxime groups is 1. The van der Waals surface area contributed by atoms with Crippen molar-refractivity contribution in [1.29, 1.82) is 0 Å². The molecule has 1 atom stereocenters. The van der Waals surface area contributed by atoms with Gasteiger partial charge in [-0.05, 0) is 63.8 Å². The lowest BCUT2D eigenvalue weighted by molar-refractivity contribution is -0.128. The van der Waals surface area contributed by atoms with Crippen LogP contribution in [0.4, 0.5) is 5.82 Å². The zero-order valence-electron chi connectivity index (χ0n) is 18.7. The van der Waals surface area contributed by atoms with Gasteiger partial charge in [0.15, 0.2) is 11.3 Å². The summed E-state index contributed by atoms with van der Waals surface area (Å²) in [5.41, 5.74) is 4.38. The minimum Gasteiger partial charge on any atom is -0.381 e. The summed E-state index contributed by atoms with van der Waals surface area (Å²) in [6.45, 7) is 14.0. The van der Waals surface area contributed by atoms with Gasteiger partial charge < -0.3 is 15.1 Å². The van der Waals surface area contributed by atoms with E-state index in [0.717, 1.165) is 59.7 Å². The van der Waals surface area contributed by atoms with Gasteiger partial charge in [-0.25, -0.2) is 4.98 Å². The van der Waals surface area contributed by atoms with Gasteiger partial charge in [0.25, 0.3) is 0 Å². The van der Waals surface area contributed by atoms with Crippen LogP contribution in [0.15, 0.2) is 48.3 Å². The zero-order chi connectivity index (χ0) is 22.2. The third kappa shape index (κ3) is 4.12. The number of hydrogen-bond donors (Lipinski definition) is 1. The Kier molecular flexibility index (Phi) is 5.67. The molecule has 0 saturated carbocycles. The Morgan fingerprint density at radius 1 is 1.26 bits per heavy atom. The number of rotatable bonds is 5. The summed E-state index contributed by atoms with van der Waals surface area (Å²) in [5, 5.41) is 7.51. The van der Waals surface area contributed by atoms with Gasteiger partial charge in [-0.3, -0.25) is 4.79 Å². The zero-order valence-corrected chi connectivity index (χ0v) is 18.7. The fourth-order valence-electron chi connectivity index (χ4n) is 4.21. The topological polar surface area (TPSA) is 66.8 Å². The highest BCUT2D eigenvalue weighted by Gasteiger charge is 2.40. The number of aryl methyl sites for hydroxylation is 2. The summed E-state index contributed by atoms with van der Waals surface area (Å²) in [6.07, 6.45) is 4.11. The van der Waals surface area contributed by atoms with Crippen LogP contribution in [0.25, 0.3) is 5.70 Å². The molecule has 1 aromatic heterocycles. The summed E-state index contributed by atoms with van der Waals surface area (Å²) in [7, 11) is 0. The quantitative estimate of drug-likeness (QED) is 0.795. The molecule has 31 heavy (non-hydrogen) atoms. The lowest BCUT2D eigenvalue weighted by atomic mass is 9.95. The van der Waals surface area contributed by atoms with Crippen LogP contribution >= 0.6 is 0 Å². The van der Waals surface area contributed by atoms with E-state index < -0.39 is 5.60 Å². The second-order valence-electron chi connectivity index (χ2n) is 8.92. The molecule has 0 spiro atoms. The number of Topliss-reactive ketones (excluding diaryl/α,β-unsaturated/α-hetero) is 1. The van der Waals surface area contributed by atoms with Crippen LogP contribution in [0, 0.1) is 13.8 Å². The number of benzene rings is 1. The number of aromatic nitrogens is 1. The lowest BCUT2D eigenvalue weighted by Crippen LogP contribution is -2.45. The Bertz CT molecular complexity index is 1030. The van der Waals surface area contributed by atoms with Crippen molar-refractivity contribution >= 4 is 23.0 Å². The number of pyridine rings is 1. The number of anilines is 1. The number of nitrogens with zero attached hydrogens (tertiary/aromatic N) is 3. The Balaban J connectivity index is 1.65. The first-order chi connectivity index (χ1) is 14.8. The Hall–Kier alpha value is -2.99. The molecule has 1 N–H and O–H groups in total. The van der Waals surface area contributed by atoms with E-state index in [1.165, 1.54) is 0 Å². The van der Waals surface area contributed by atoms with E-state index >= 15 is 0 Å². The van der Waals surface area contributed by atoms with Gasteiger partial charge in [-0.2, -0.15) is 0 Å². The van der Waals surface area contributed by atoms with E-state index in [4.69, 9.17) is 9.82 Å². The summed E-state index contributed by atoms with van der Waals surface area (Å²) in [4.78, 5) is 24.8. The normalized spacial score (nSPS) is 20.2. The van der Waals surface area contributed by atoms with Crippen molar-refractivity contribution in [3.05, 3.63) is 65.4 Å². The molecular formula is C25H30N4O2. The van der Waals surface area contributed by atoms with Crippen molar-refractivity contribution in [2.45, 2.75) is 52.2 Å². The van der Waals surface area contributed by atoms with Gasteiger partial charge in [0.2, 0.25) is 5.78 Å². The maximum atomic E-state index is 12.5. The van der Waals surface area contributed by atoms with Crippen LogP contribution in [-0.2, 0) is 9.63 Å². The van der Waals surface area contributed by atoms with Crippen LogP contribution in [0.2, 0.25) is 0 Å². The molecule has 3 heterocycles. The predicted molar refractivity (Wildman–Crippen MR) is 124 cm³/mol. The third-order valence-electron chi connectivity index (χ3n) is 5.96. The number of carbonyl (C=O) groups excluding carboxylic acids is 1. The van der Waals surface area contributed by atoms with E-state index in [0.29, 0.717) is 5.71 Å². The second kappa shape index (κ2) is 8.27. The van der Waals surface area contributed by atoms with E-state index in [1.54, 1.807) is 13.8 Å². The molecule has 0 unspecified atom stereocenters. The van der Waals surface area contributed by atoms with E-state index in [2.05, 4.69) is 41.9 Å². The van der Waals surface area contributed by atoms with Gasteiger partial charge in [0.1, 0.15) is 5.82 Å². The molecule has 2 aromatic rings. The number of hydrogen-bond acceptors (Lipinski definition) is 6. The molecule has 2 aliphatic rings. The van der Waals surface area contributed by atoms with Crippen molar-refractivity contribution in [2.75, 3.05) is 18.0 Å². The predicted octanol–water partition coefficient (Wildman–Crippen LogP) is 4.01. The number of carbonyl (C=O) groups is 1. The standard InChI is InChI=1S/C25H30N4O2/c1-16-13-17(2)24(27-14-16)29(21-7-6-12-26-15-21)18(3)19-8-10-20(11-9-19)22-23(30)25(4,5)31-28-22/h8-11,13-14,21,26H,3,6-7,12,15H2,1-2,4-5H3/t21-/m1/s1. The molecule has 6 nitrogen and oxygen atoms in total. The molecule has 6 heteroatoms. The molecule has 1 fully saturated rings. The average Bonchev–Trinajstić information content (AvgIpc) is 3.03. The third-order valence-corrected chi connectivity index (χ3v) is 5.96. The fraction of sp³-hybridized carbons (Fsp3) is 0.400. The van der Waals surface area contributed by atoms with E-state index in [-0.39, 0.29) is 11.8 Å². The van der Waals surface area contributed by atoms with Gasteiger partial charge in [-0.1, -0.05) is 42.1 Å². The van der Waals surface area contributed by atoms with Crippen LogP contribution in [0.3, 0.4) is 0 Å². The molecular weight excluding hydrogens is 388 g/mol. The van der Waals surface area contributed by atoms with Crippen molar-refractivity contribution in [3.63, 3.8) is 0 Å². The summed E-state index contributed by atoms with van der Waals surface area (Å²) in [5.74, 6) is 0.840. The van der Waals surface area contributed by atoms with Crippen molar-refractivity contribution in [2.24, 2.45) is 5.16 Å². The number of ketones is 1. The lowest BCUT2D eigenvalue weighted by Gasteiger charge is -2.37. The first-order valence-electron chi connectivity index (χ1n) is 10.8. The molecule has 0 aliphatic carbocycles. The maximum Gasteiger partial charge on any atom is 0.230 e. The van der Waals surface area contributed by atoms with E-state index in [1.807, 2.05) is 30.5 Å². The van der Waals surface area contributed by atoms with E-state index in [9.17, 15) is 4.79 Å². The molecule has 0 radical (unpaired) electrons. The Morgan fingerprint density at radius 3 is 2.58 bits per heavy atom. The second-order valence-corrected chi connectivity index (χ2v) is 8.92. The summed E-state index contributed by atoms with van der Waals surface area (Å²) >= 11 is 0. The number of nitrogens with one attached hydrogen (secondary N) is 1. The monoisotopic (exact) mass is 418 g/mol. The van der Waals surface area contributed by atoms with Gasteiger partial charge in [-0.15, -0.1) is 0 Å². The van der Waals surface area contributed by atoms with Crippen molar-refractivity contribution in [3.8, 4) is 0 Å². The smallest absolute Gasteiger partial charge is 0.230 e. The van der Waals surface area contributed by atoms with Crippen molar-refractivity contribution < 1.29 is 9.63 Å². The molecule has 1 saturated heterocycles. The fourth-order valence-corrected chi connectivity index (χ4v) is 4.21. The van der Waals surface area contributed by atoms with Gasteiger partial charge in [0.05, 0.1) is 0 Å². The van der Waals surface area contributed by atoms with Gasteiger partial charge in [0, 0.05) is 30.0 Å². The van der Waals surface area contributed by atoms with Crippen LogP contribution < -0.4 is 10.2 Å². The number of piperidine rings is 1. The highest BCUT2D eigenvalue weighted by atomic mass is 16.7. The SMILES string of the molecule is C=C(c1ccc(C2=NOC(C)(C)C2=O)cc1)N(c1ncc(C)cc1C)[C@@H]1CCCNC1. The van der Waals surface area contributed by atoms with Gasteiger partial charge >= 0.3 is 0 Å². The summed E-state index contributed by atoms with van der Waals surface area (Å²) < 4.78 is 0. The van der Waals surface area contributed by atoms with Crippen LogP contribution in [-0.4, -0.2) is 41.2 Å².